The van der Waals surface area contributed by atoms with Gasteiger partial charge in [-0.2, -0.15) is 0 Å². The standard InChI is InChI=1S/C19H24N2O/c1-13-9-8-10-14(2)18(13)21-19(22)16(4)20-15(3)17-11-6-5-7-12-17/h5-12,15-16,20H,1-4H3,(H,21,22)/p+1/t15-,16+/m1/s1. The molecule has 0 spiro atoms. The van der Waals surface area contributed by atoms with Gasteiger partial charge in [-0.15, -0.1) is 0 Å². The van der Waals surface area contributed by atoms with Crippen LogP contribution in [0.5, 0.6) is 0 Å². The predicted octanol–water partition coefficient (Wildman–Crippen LogP) is 2.96. The monoisotopic (exact) mass is 297 g/mol. The third-order valence-electron chi connectivity index (χ3n) is 4.05. The van der Waals surface area contributed by atoms with Gasteiger partial charge in [-0.05, 0) is 38.8 Å². The first-order valence-corrected chi connectivity index (χ1v) is 7.76. The maximum absolute atomic E-state index is 12.4. The lowest BCUT2D eigenvalue weighted by atomic mass is 10.1. The van der Waals surface area contributed by atoms with Crippen molar-refractivity contribution in [1.82, 2.24) is 0 Å². The number of benzene rings is 2. The summed E-state index contributed by atoms with van der Waals surface area (Å²) in [5.41, 5.74) is 4.35. The summed E-state index contributed by atoms with van der Waals surface area (Å²) in [4.78, 5) is 12.4. The molecule has 0 aliphatic rings. The van der Waals surface area contributed by atoms with E-state index in [-0.39, 0.29) is 18.0 Å². The number of para-hydroxylation sites is 1. The molecule has 0 unspecified atom stereocenters. The SMILES string of the molecule is Cc1cccc(C)c1NC(=O)[C@H](C)[NH2+][C@H](C)c1ccccc1. The van der Waals surface area contributed by atoms with E-state index in [1.165, 1.54) is 5.56 Å². The Bertz CT molecular complexity index is 617. The summed E-state index contributed by atoms with van der Waals surface area (Å²) in [5.74, 6) is 0.0418. The minimum Gasteiger partial charge on any atom is -0.330 e. The molecule has 0 aliphatic heterocycles. The molecule has 116 valence electrons. The number of nitrogens with one attached hydrogen (secondary N) is 1. The first-order valence-electron chi connectivity index (χ1n) is 7.76. The van der Waals surface area contributed by atoms with Crippen LogP contribution >= 0.6 is 0 Å². The molecule has 0 fully saturated rings. The summed E-state index contributed by atoms with van der Waals surface area (Å²) in [6, 6.07) is 16.4. The number of carbonyl (C=O) groups is 1. The predicted molar refractivity (Wildman–Crippen MR) is 90.8 cm³/mol. The molecule has 1 amide bonds. The summed E-state index contributed by atoms with van der Waals surface area (Å²) in [6.45, 7) is 8.10. The molecular formula is C19H25N2O+. The van der Waals surface area contributed by atoms with Gasteiger partial charge in [0, 0.05) is 11.3 Å². The van der Waals surface area contributed by atoms with E-state index in [9.17, 15) is 4.79 Å². The van der Waals surface area contributed by atoms with Crippen molar-refractivity contribution >= 4 is 11.6 Å². The summed E-state index contributed by atoms with van der Waals surface area (Å²) in [5, 5.41) is 5.16. The van der Waals surface area contributed by atoms with Crippen LogP contribution in [0.1, 0.15) is 36.6 Å². The summed E-state index contributed by atoms with van der Waals surface area (Å²) in [7, 11) is 0. The maximum atomic E-state index is 12.4. The number of aryl methyl sites for hydroxylation is 2. The fourth-order valence-corrected chi connectivity index (χ4v) is 2.64. The largest absolute Gasteiger partial charge is 0.330 e. The number of carbonyl (C=O) groups excluding carboxylic acids is 1. The van der Waals surface area contributed by atoms with E-state index in [1.807, 2.05) is 57.2 Å². The van der Waals surface area contributed by atoms with Crippen LogP contribution in [0.3, 0.4) is 0 Å². The van der Waals surface area contributed by atoms with Crippen molar-refractivity contribution in [3.05, 3.63) is 65.2 Å². The number of quaternary nitrogens is 1. The van der Waals surface area contributed by atoms with Gasteiger partial charge < -0.3 is 10.6 Å². The Morgan fingerprint density at radius 3 is 2.14 bits per heavy atom. The summed E-state index contributed by atoms with van der Waals surface area (Å²) in [6.07, 6.45) is 0. The number of anilines is 1. The molecule has 3 nitrogen and oxygen atoms in total. The quantitative estimate of drug-likeness (QED) is 0.875. The molecule has 2 atom stereocenters. The lowest BCUT2D eigenvalue weighted by Crippen LogP contribution is -2.91. The van der Waals surface area contributed by atoms with Gasteiger partial charge >= 0.3 is 0 Å². The van der Waals surface area contributed by atoms with E-state index in [4.69, 9.17) is 0 Å². The van der Waals surface area contributed by atoms with E-state index in [0.29, 0.717) is 0 Å². The second-order valence-electron chi connectivity index (χ2n) is 5.94. The molecular weight excluding hydrogens is 272 g/mol. The van der Waals surface area contributed by atoms with Crippen molar-refractivity contribution in [2.45, 2.75) is 39.8 Å². The van der Waals surface area contributed by atoms with E-state index in [1.54, 1.807) is 0 Å². The molecule has 0 heterocycles. The molecule has 0 aromatic heterocycles. The van der Waals surface area contributed by atoms with Crippen molar-refractivity contribution in [3.63, 3.8) is 0 Å². The first-order chi connectivity index (χ1) is 10.5. The fraction of sp³-hybridized carbons (Fsp3) is 0.316. The molecule has 0 saturated heterocycles. The average Bonchev–Trinajstić information content (AvgIpc) is 2.51. The Labute approximate surface area is 132 Å². The van der Waals surface area contributed by atoms with Crippen LogP contribution < -0.4 is 10.6 Å². The van der Waals surface area contributed by atoms with Crippen LogP contribution in [0.4, 0.5) is 5.69 Å². The van der Waals surface area contributed by atoms with Gasteiger partial charge in [0.05, 0.1) is 0 Å². The Hall–Kier alpha value is -2.13. The number of hydrogen-bond donors (Lipinski definition) is 2. The topological polar surface area (TPSA) is 45.7 Å². The molecule has 0 aliphatic carbocycles. The molecule has 0 saturated carbocycles. The molecule has 0 bridgehead atoms. The Morgan fingerprint density at radius 2 is 1.55 bits per heavy atom. The number of amides is 1. The lowest BCUT2D eigenvalue weighted by Gasteiger charge is -2.18. The van der Waals surface area contributed by atoms with Crippen LogP contribution in [-0.4, -0.2) is 11.9 Å². The van der Waals surface area contributed by atoms with E-state index in [0.717, 1.165) is 16.8 Å². The van der Waals surface area contributed by atoms with Crippen molar-refractivity contribution in [2.75, 3.05) is 5.32 Å². The highest BCUT2D eigenvalue weighted by molar-refractivity contribution is 5.94. The molecule has 22 heavy (non-hydrogen) atoms. The highest BCUT2D eigenvalue weighted by Gasteiger charge is 2.21. The van der Waals surface area contributed by atoms with Crippen LogP contribution in [0.15, 0.2) is 48.5 Å². The van der Waals surface area contributed by atoms with Crippen LogP contribution in [0.2, 0.25) is 0 Å². The molecule has 2 aromatic rings. The zero-order valence-electron chi connectivity index (χ0n) is 13.8. The lowest BCUT2D eigenvalue weighted by molar-refractivity contribution is -0.709. The van der Waals surface area contributed by atoms with Gasteiger partial charge in [0.15, 0.2) is 6.04 Å². The van der Waals surface area contributed by atoms with Gasteiger partial charge in [-0.25, -0.2) is 0 Å². The van der Waals surface area contributed by atoms with Crippen molar-refractivity contribution in [3.8, 4) is 0 Å². The average molecular weight is 297 g/mol. The smallest absolute Gasteiger partial charge is 0.282 e. The Morgan fingerprint density at radius 1 is 0.955 bits per heavy atom. The second kappa shape index (κ2) is 7.23. The second-order valence-corrected chi connectivity index (χ2v) is 5.94. The maximum Gasteiger partial charge on any atom is 0.282 e. The normalized spacial score (nSPS) is 13.5. The van der Waals surface area contributed by atoms with Gasteiger partial charge in [-0.1, -0.05) is 48.5 Å². The highest BCUT2D eigenvalue weighted by atomic mass is 16.2. The van der Waals surface area contributed by atoms with Gasteiger partial charge in [0.25, 0.3) is 5.91 Å². The number of rotatable bonds is 5. The van der Waals surface area contributed by atoms with Crippen LogP contribution in [0, 0.1) is 13.8 Å². The fourth-order valence-electron chi connectivity index (χ4n) is 2.64. The number of hydrogen-bond acceptors (Lipinski definition) is 1. The van der Waals surface area contributed by atoms with Crippen molar-refractivity contribution in [1.29, 1.82) is 0 Å². The summed E-state index contributed by atoms with van der Waals surface area (Å²) < 4.78 is 0. The van der Waals surface area contributed by atoms with Crippen LogP contribution in [0.25, 0.3) is 0 Å². The number of nitrogens with two attached hydrogens (primary N) is 1. The Kier molecular flexibility index (Phi) is 5.34. The minimum atomic E-state index is -0.144. The first kappa shape index (κ1) is 16.2. The molecule has 0 radical (unpaired) electrons. The Balaban J connectivity index is 2.01. The molecule has 3 N–H and O–H groups in total. The van der Waals surface area contributed by atoms with Crippen LogP contribution in [-0.2, 0) is 4.79 Å². The third-order valence-corrected chi connectivity index (χ3v) is 4.05. The van der Waals surface area contributed by atoms with Gasteiger partial charge in [0.1, 0.15) is 6.04 Å². The van der Waals surface area contributed by atoms with E-state index >= 15 is 0 Å². The highest BCUT2D eigenvalue weighted by Crippen LogP contribution is 2.19. The zero-order chi connectivity index (χ0) is 16.1. The van der Waals surface area contributed by atoms with E-state index < -0.39 is 0 Å². The van der Waals surface area contributed by atoms with Crippen molar-refractivity contribution in [2.24, 2.45) is 0 Å². The van der Waals surface area contributed by atoms with Crippen molar-refractivity contribution < 1.29 is 10.1 Å². The van der Waals surface area contributed by atoms with E-state index in [2.05, 4.69) is 29.7 Å². The van der Waals surface area contributed by atoms with Gasteiger partial charge in [-0.3, -0.25) is 4.79 Å². The zero-order valence-corrected chi connectivity index (χ0v) is 13.8. The summed E-state index contributed by atoms with van der Waals surface area (Å²) >= 11 is 0. The molecule has 2 aromatic carbocycles. The minimum absolute atomic E-state index is 0.0418. The third kappa shape index (κ3) is 3.95. The van der Waals surface area contributed by atoms with Gasteiger partial charge in [0.2, 0.25) is 0 Å². The molecule has 2 rings (SSSR count). The molecule has 3 heteroatoms.